The van der Waals surface area contributed by atoms with E-state index in [0.29, 0.717) is 43.4 Å². The van der Waals surface area contributed by atoms with Crippen LogP contribution in [-0.4, -0.2) is 46.4 Å². The van der Waals surface area contributed by atoms with E-state index >= 15 is 0 Å². The minimum Gasteiger partial charge on any atom is -0.486 e. The largest absolute Gasteiger partial charge is 0.486 e. The lowest BCUT2D eigenvalue weighted by Crippen LogP contribution is -2.42. The van der Waals surface area contributed by atoms with Gasteiger partial charge in [0.15, 0.2) is 11.5 Å². The molecule has 0 fully saturated rings. The van der Waals surface area contributed by atoms with Crippen molar-refractivity contribution >= 4 is 21.6 Å². The first-order valence-electron chi connectivity index (χ1n) is 9.20. The average molecular weight is 404 g/mol. The number of hydrogen-bond donors (Lipinski definition) is 1. The van der Waals surface area contributed by atoms with E-state index < -0.39 is 10.0 Å². The van der Waals surface area contributed by atoms with Crippen LogP contribution in [0.25, 0.3) is 0 Å². The highest BCUT2D eigenvalue weighted by Crippen LogP contribution is 2.34. The van der Waals surface area contributed by atoms with Gasteiger partial charge in [0.05, 0.1) is 11.4 Å². The van der Waals surface area contributed by atoms with Crippen molar-refractivity contribution in [1.29, 1.82) is 0 Å². The lowest BCUT2D eigenvalue weighted by molar-refractivity contribution is -0.119. The standard InChI is InChI=1S/C20H24N2O5S/c1-2-28(24,25)22(17-8-9-18-19(14-17)27-13-12-26-18)15-20(23)21-11-10-16-6-4-3-5-7-16/h3-9,14H,2,10-13,15H2,1H3,(H,21,23). The molecule has 8 heteroatoms. The number of fused-ring (bicyclic) bond motifs is 1. The smallest absolute Gasteiger partial charge is 0.240 e. The minimum atomic E-state index is -3.64. The number of hydrogen-bond acceptors (Lipinski definition) is 5. The van der Waals surface area contributed by atoms with Gasteiger partial charge in [-0.25, -0.2) is 8.42 Å². The number of carbonyl (C=O) groups is 1. The summed E-state index contributed by atoms with van der Waals surface area (Å²) >= 11 is 0. The lowest BCUT2D eigenvalue weighted by Gasteiger charge is -2.25. The first kappa shape index (κ1) is 20.0. The molecule has 7 nitrogen and oxygen atoms in total. The zero-order chi connectivity index (χ0) is 20.0. The first-order valence-corrected chi connectivity index (χ1v) is 10.8. The molecule has 0 saturated heterocycles. The van der Waals surface area contributed by atoms with Crippen LogP contribution in [0.2, 0.25) is 0 Å². The lowest BCUT2D eigenvalue weighted by atomic mass is 10.1. The molecule has 0 aromatic heterocycles. The monoisotopic (exact) mass is 404 g/mol. The summed E-state index contributed by atoms with van der Waals surface area (Å²) in [5.41, 5.74) is 1.48. The van der Waals surface area contributed by atoms with Gasteiger partial charge in [0.2, 0.25) is 15.9 Å². The molecule has 3 rings (SSSR count). The van der Waals surface area contributed by atoms with Gasteiger partial charge in [-0.3, -0.25) is 9.10 Å². The maximum absolute atomic E-state index is 12.6. The van der Waals surface area contributed by atoms with Crippen molar-refractivity contribution in [3.05, 3.63) is 54.1 Å². The second-order valence-corrected chi connectivity index (χ2v) is 8.50. The fraction of sp³-hybridized carbons (Fsp3) is 0.350. The van der Waals surface area contributed by atoms with E-state index in [-0.39, 0.29) is 18.2 Å². The molecule has 1 heterocycles. The van der Waals surface area contributed by atoms with Crippen molar-refractivity contribution in [2.75, 3.05) is 36.4 Å². The molecule has 0 radical (unpaired) electrons. The van der Waals surface area contributed by atoms with Crippen molar-refractivity contribution in [3.63, 3.8) is 0 Å². The van der Waals surface area contributed by atoms with Crippen molar-refractivity contribution in [2.24, 2.45) is 0 Å². The van der Waals surface area contributed by atoms with Crippen molar-refractivity contribution in [3.8, 4) is 11.5 Å². The molecule has 0 atom stereocenters. The Labute approximate surface area is 165 Å². The molecule has 1 amide bonds. The molecule has 1 N–H and O–H groups in total. The third-order valence-corrected chi connectivity index (χ3v) is 6.12. The molecule has 0 spiro atoms. The number of rotatable bonds is 8. The van der Waals surface area contributed by atoms with E-state index in [1.165, 1.54) is 0 Å². The highest BCUT2D eigenvalue weighted by Gasteiger charge is 2.25. The van der Waals surface area contributed by atoms with Gasteiger partial charge in [0.25, 0.3) is 0 Å². The molecule has 2 aromatic rings. The summed E-state index contributed by atoms with van der Waals surface area (Å²) in [6, 6.07) is 14.7. The zero-order valence-electron chi connectivity index (χ0n) is 15.8. The predicted molar refractivity (Wildman–Crippen MR) is 107 cm³/mol. The van der Waals surface area contributed by atoms with Gasteiger partial charge >= 0.3 is 0 Å². The van der Waals surface area contributed by atoms with E-state index in [0.717, 1.165) is 9.87 Å². The maximum atomic E-state index is 12.6. The van der Waals surface area contributed by atoms with Gasteiger partial charge in [-0.15, -0.1) is 0 Å². The molecular formula is C20H24N2O5S. The highest BCUT2D eigenvalue weighted by molar-refractivity contribution is 7.92. The second-order valence-electron chi connectivity index (χ2n) is 6.32. The number of anilines is 1. The van der Waals surface area contributed by atoms with Crippen molar-refractivity contribution < 1.29 is 22.7 Å². The number of amides is 1. The summed E-state index contributed by atoms with van der Waals surface area (Å²) in [6.45, 7) is 2.55. The topological polar surface area (TPSA) is 84.9 Å². The van der Waals surface area contributed by atoms with Crippen LogP contribution in [-0.2, 0) is 21.2 Å². The van der Waals surface area contributed by atoms with Crippen LogP contribution in [0.1, 0.15) is 12.5 Å². The van der Waals surface area contributed by atoms with E-state index in [1.807, 2.05) is 30.3 Å². The summed E-state index contributed by atoms with van der Waals surface area (Å²) < 4.78 is 37.3. The molecular weight excluding hydrogens is 380 g/mol. The fourth-order valence-electron chi connectivity index (χ4n) is 2.87. The van der Waals surface area contributed by atoms with Gasteiger partial charge < -0.3 is 14.8 Å². The van der Waals surface area contributed by atoms with Crippen LogP contribution in [0.15, 0.2) is 48.5 Å². The highest BCUT2D eigenvalue weighted by atomic mass is 32.2. The van der Waals surface area contributed by atoms with Crippen LogP contribution in [0.5, 0.6) is 11.5 Å². The molecule has 2 aromatic carbocycles. The maximum Gasteiger partial charge on any atom is 0.240 e. The van der Waals surface area contributed by atoms with Crippen LogP contribution in [0, 0.1) is 0 Å². The summed E-state index contributed by atoms with van der Waals surface area (Å²) in [5.74, 6) is 0.571. The molecule has 0 unspecified atom stereocenters. The molecule has 0 bridgehead atoms. The Bertz CT molecular complexity index is 915. The molecule has 28 heavy (non-hydrogen) atoms. The van der Waals surface area contributed by atoms with Gasteiger partial charge in [0, 0.05) is 12.6 Å². The van der Waals surface area contributed by atoms with E-state index in [2.05, 4.69) is 5.32 Å². The first-order chi connectivity index (χ1) is 13.5. The number of benzene rings is 2. The normalized spacial score (nSPS) is 13.0. The number of nitrogens with one attached hydrogen (secondary N) is 1. The number of nitrogens with zero attached hydrogens (tertiary/aromatic N) is 1. The van der Waals surface area contributed by atoms with Crippen molar-refractivity contribution in [1.82, 2.24) is 5.32 Å². The molecule has 1 aliphatic heterocycles. The Morgan fingerprint density at radius 2 is 1.79 bits per heavy atom. The van der Waals surface area contributed by atoms with Gasteiger partial charge in [-0.2, -0.15) is 0 Å². The Hall–Kier alpha value is -2.74. The Morgan fingerprint density at radius 1 is 1.07 bits per heavy atom. The summed E-state index contributed by atoms with van der Waals surface area (Å²) in [5, 5.41) is 2.79. The number of carbonyl (C=O) groups excluding carboxylic acids is 1. The Kier molecular flexibility index (Phi) is 6.41. The fourth-order valence-corrected chi connectivity index (χ4v) is 3.93. The molecule has 150 valence electrons. The number of sulfonamides is 1. The predicted octanol–water partition coefficient (Wildman–Crippen LogP) is 1.97. The summed E-state index contributed by atoms with van der Waals surface area (Å²) in [6.07, 6.45) is 0.678. The molecule has 0 aliphatic carbocycles. The Morgan fingerprint density at radius 3 is 2.50 bits per heavy atom. The molecule has 0 saturated carbocycles. The van der Waals surface area contributed by atoms with Crippen LogP contribution >= 0.6 is 0 Å². The Balaban J connectivity index is 1.69. The van der Waals surface area contributed by atoms with Gasteiger partial charge in [-0.1, -0.05) is 30.3 Å². The van der Waals surface area contributed by atoms with E-state index in [1.54, 1.807) is 25.1 Å². The minimum absolute atomic E-state index is 0.112. The van der Waals surface area contributed by atoms with E-state index in [4.69, 9.17) is 9.47 Å². The van der Waals surface area contributed by atoms with E-state index in [9.17, 15) is 13.2 Å². The van der Waals surface area contributed by atoms with Gasteiger partial charge in [0.1, 0.15) is 19.8 Å². The quantitative estimate of drug-likeness (QED) is 0.727. The third-order valence-electron chi connectivity index (χ3n) is 4.38. The average Bonchev–Trinajstić information content (AvgIpc) is 2.72. The summed E-state index contributed by atoms with van der Waals surface area (Å²) in [4.78, 5) is 12.4. The third kappa shape index (κ3) is 4.95. The summed E-state index contributed by atoms with van der Waals surface area (Å²) in [7, 11) is -3.64. The van der Waals surface area contributed by atoms with Crippen LogP contribution in [0.3, 0.4) is 0 Å². The van der Waals surface area contributed by atoms with Gasteiger partial charge in [-0.05, 0) is 31.0 Å². The number of ether oxygens (including phenoxy) is 2. The SMILES string of the molecule is CCS(=O)(=O)N(CC(=O)NCCc1ccccc1)c1ccc2c(c1)OCCO2. The van der Waals surface area contributed by atoms with Crippen molar-refractivity contribution in [2.45, 2.75) is 13.3 Å². The second kappa shape index (κ2) is 8.97. The zero-order valence-corrected chi connectivity index (χ0v) is 16.6. The van der Waals surface area contributed by atoms with Crippen LogP contribution < -0.4 is 19.1 Å². The molecule has 1 aliphatic rings. The van der Waals surface area contributed by atoms with Crippen LogP contribution in [0.4, 0.5) is 5.69 Å².